The molecule has 0 unspecified atom stereocenters. The standard InChI is InChI=1S/C13H10FNO2S/c1-8-2-5-12(15-7-8)18-9-3-4-11(14)10(6-9)13(16)17/h2-7H,1H3,(H,16,17). The summed E-state index contributed by atoms with van der Waals surface area (Å²) in [7, 11) is 0. The van der Waals surface area contributed by atoms with Gasteiger partial charge in [0.25, 0.3) is 0 Å². The zero-order valence-electron chi connectivity index (χ0n) is 9.55. The monoisotopic (exact) mass is 263 g/mol. The van der Waals surface area contributed by atoms with E-state index in [0.717, 1.165) is 16.7 Å². The van der Waals surface area contributed by atoms with Crippen LogP contribution in [0.3, 0.4) is 0 Å². The van der Waals surface area contributed by atoms with Crippen LogP contribution in [0.25, 0.3) is 0 Å². The summed E-state index contributed by atoms with van der Waals surface area (Å²) in [5.74, 6) is -2.00. The maximum absolute atomic E-state index is 13.2. The second kappa shape index (κ2) is 5.18. The lowest BCUT2D eigenvalue weighted by atomic mass is 10.2. The van der Waals surface area contributed by atoms with Crippen LogP contribution in [0.5, 0.6) is 0 Å². The number of rotatable bonds is 3. The molecule has 5 heteroatoms. The van der Waals surface area contributed by atoms with E-state index in [0.29, 0.717) is 4.90 Å². The molecule has 3 nitrogen and oxygen atoms in total. The molecule has 1 aromatic carbocycles. The third-order valence-electron chi connectivity index (χ3n) is 2.27. The molecule has 0 aliphatic heterocycles. The molecule has 1 N–H and O–H groups in total. The van der Waals surface area contributed by atoms with Gasteiger partial charge in [0, 0.05) is 11.1 Å². The van der Waals surface area contributed by atoms with E-state index in [9.17, 15) is 9.18 Å². The Morgan fingerprint density at radius 1 is 1.33 bits per heavy atom. The highest BCUT2D eigenvalue weighted by atomic mass is 32.2. The van der Waals surface area contributed by atoms with Crippen molar-refractivity contribution in [2.24, 2.45) is 0 Å². The Kier molecular flexibility index (Phi) is 3.62. The predicted octanol–water partition coefficient (Wildman–Crippen LogP) is 3.38. The van der Waals surface area contributed by atoms with Crippen LogP contribution in [-0.2, 0) is 0 Å². The van der Waals surface area contributed by atoms with E-state index in [4.69, 9.17) is 5.11 Å². The highest BCUT2D eigenvalue weighted by Crippen LogP contribution is 2.27. The number of carboxylic acids is 1. The molecule has 0 saturated heterocycles. The van der Waals surface area contributed by atoms with Gasteiger partial charge in [-0.2, -0.15) is 0 Å². The van der Waals surface area contributed by atoms with Gasteiger partial charge in [-0.25, -0.2) is 14.2 Å². The Labute approximate surface area is 108 Å². The first-order valence-electron chi connectivity index (χ1n) is 5.19. The molecule has 0 fully saturated rings. The lowest BCUT2D eigenvalue weighted by Crippen LogP contribution is -2.00. The van der Waals surface area contributed by atoms with Crippen LogP contribution in [0.2, 0.25) is 0 Å². The van der Waals surface area contributed by atoms with Gasteiger partial charge in [-0.3, -0.25) is 0 Å². The second-order valence-corrected chi connectivity index (χ2v) is 4.82. The van der Waals surface area contributed by atoms with E-state index < -0.39 is 11.8 Å². The topological polar surface area (TPSA) is 50.2 Å². The summed E-state index contributed by atoms with van der Waals surface area (Å²) in [6.07, 6.45) is 1.73. The number of pyridine rings is 1. The SMILES string of the molecule is Cc1ccc(Sc2ccc(F)c(C(=O)O)c2)nc1. The molecule has 18 heavy (non-hydrogen) atoms. The fourth-order valence-corrected chi connectivity index (χ4v) is 2.16. The van der Waals surface area contributed by atoms with E-state index >= 15 is 0 Å². The molecule has 0 atom stereocenters. The lowest BCUT2D eigenvalue weighted by molar-refractivity contribution is 0.0691. The lowest BCUT2D eigenvalue weighted by Gasteiger charge is -2.03. The van der Waals surface area contributed by atoms with Crippen molar-refractivity contribution in [1.29, 1.82) is 0 Å². The van der Waals surface area contributed by atoms with Gasteiger partial charge in [0.05, 0.1) is 5.56 Å². The molecule has 0 saturated carbocycles. The van der Waals surface area contributed by atoms with E-state index in [1.165, 1.54) is 23.9 Å². The minimum absolute atomic E-state index is 0.327. The summed E-state index contributed by atoms with van der Waals surface area (Å²) < 4.78 is 13.2. The third-order valence-corrected chi connectivity index (χ3v) is 3.22. The van der Waals surface area contributed by atoms with E-state index in [1.54, 1.807) is 6.20 Å². The first kappa shape index (κ1) is 12.6. The van der Waals surface area contributed by atoms with E-state index in [1.807, 2.05) is 19.1 Å². The maximum atomic E-state index is 13.2. The molecule has 92 valence electrons. The number of hydrogen-bond acceptors (Lipinski definition) is 3. The van der Waals surface area contributed by atoms with Crippen LogP contribution in [0.15, 0.2) is 46.5 Å². The van der Waals surface area contributed by atoms with Gasteiger partial charge in [0.1, 0.15) is 10.8 Å². The van der Waals surface area contributed by atoms with Gasteiger partial charge < -0.3 is 5.11 Å². The number of nitrogens with zero attached hydrogens (tertiary/aromatic N) is 1. The fraction of sp³-hybridized carbons (Fsp3) is 0.0769. The Hall–Kier alpha value is -1.88. The number of carbonyl (C=O) groups is 1. The van der Waals surface area contributed by atoms with Crippen molar-refractivity contribution in [3.63, 3.8) is 0 Å². The molecule has 0 aliphatic carbocycles. The van der Waals surface area contributed by atoms with Crippen molar-refractivity contribution in [3.05, 3.63) is 53.5 Å². The smallest absolute Gasteiger partial charge is 0.338 e. The van der Waals surface area contributed by atoms with Crippen molar-refractivity contribution < 1.29 is 14.3 Å². The Bertz CT molecular complexity index is 584. The summed E-state index contributed by atoms with van der Waals surface area (Å²) in [5, 5.41) is 9.57. The number of aromatic carboxylic acids is 1. The number of benzene rings is 1. The molecular weight excluding hydrogens is 253 g/mol. The van der Waals surface area contributed by atoms with Crippen molar-refractivity contribution in [1.82, 2.24) is 4.98 Å². The average Bonchev–Trinajstić information content (AvgIpc) is 2.34. The van der Waals surface area contributed by atoms with Crippen molar-refractivity contribution in [2.45, 2.75) is 16.8 Å². The quantitative estimate of drug-likeness (QED) is 0.922. The van der Waals surface area contributed by atoms with Crippen LogP contribution in [-0.4, -0.2) is 16.1 Å². The summed E-state index contributed by atoms with van der Waals surface area (Å²) in [6, 6.07) is 7.75. The summed E-state index contributed by atoms with van der Waals surface area (Å²) in [6.45, 7) is 1.93. The summed E-state index contributed by atoms with van der Waals surface area (Å²) >= 11 is 1.30. The highest BCUT2D eigenvalue weighted by molar-refractivity contribution is 7.99. The number of carboxylic acid groups (broad SMARTS) is 1. The maximum Gasteiger partial charge on any atom is 0.338 e. The average molecular weight is 263 g/mol. The zero-order chi connectivity index (χ0) is 13.1. The molecule has 0 bridgehead atoms. The Morgan fingerprint density at radius 2 is 2.11 bits per heavy atom. The molecule has 2 aromatic rings. The van der Waals surface area contributed by atoms with Gasteiger partial charge in [0.15, 0.2) is 0 Å². The first-order valence-corrected chi connectivity index (χ1v) is 6.01. The first-order chi connectivity index (χ1) is 8.56. The van der Waals surface area contributed by atoms with E-state index in [2.05, 4.69) is 4.98 Å². The summed E-state index contributed by atoms with van der Waals surface area (Å²) in [5.41, 5.74) is 0.719. The highest BCUT2D eigenvalue weighted by Gasteiger charge is 2.11. The minimum Gasteiger partial charge on any atom is -0.478 e. The minimum atomic E-state index is -1.27. The van der Waals surface area contributed by atoms with Gasteiger partial charge in [0.2, 0.25) is 0 Å². The molecular formula is C13H10FNO2S. The van der Waals surface area contributed by atoms with Gasteiger partial charge in [-0.05, 0) is 36.8 Å². The van der Waals surface area contributed by atoms with Crippen LogP contribution in [0, 0.1) is 12.7 Å². The second-order valence-electron chi connectivity index (χ2n) is 3.72. The molecule has 0 amide bonds. The number of halogens is 1. The van der Waals surface area contributed by atoms with Crippen LogP contribution in [0.4, 0.5) is 4.39 Å². The third kappa shape index (κ3) is 2.87. The van der Waals surface area contributed by atoms with Crippen LogP contribution < -0.4 is 0 Å². The molecule has 0 aliphatic rings. The largest absolute Gasteiger partial charge is 0.478 e. The molecule has 1 aromatic heterocycles. The van der Waals surface area contributed by atoms with Crippen LogP contribution >= 0.6 is 11.8 Å². The van der Waals surface area contributed by atoms with Crippen molar-refractivity contribution in [2.75, 3.05) is 0 Å². The van der Waals surface area contributed by atoms with Crippen LogP contribution in [0.1, 0.15) is 15.9 Å². The number of hydrogen-bond donors (Lipinski definition) is 1. The van der Waals surface area contributed by atoms with Gasteiger partial charge in [-0.1, -0.05) is 17.8 Å². The zero-order valence-corrected chi connectivity index (χ0v) is 10.4. The number of aromatic nitrogens is 1. The number of aryl methyl sites for hydroxylation is 1. The Morgan fingerprint density at radius 3 is 2.72 bits per heavy atom. The normalized spacial score (nSPS) is 10.3. The van der Waals surface area contributed by atoms with E-state index in [-0.39, 0.29) is 5.56 Å². The Balaban J connectivity index is 2.27. The molecule has 1 heterocycles. The van der Waals surface area contributed by atoms with Crippen molar-refractivity contribution >= 4 is 17.7 Å². The van der Waals surface area contributed by atoms with Crippen molar-refractivity contribution in [3.8, 4) is 0 Å². The predicted molar refractivity (Wildman–Crippen MR) is 66.5 cm³/mol. The molecule has 2 rings (SSSR count). The summed E-state index contributed by atoms with van der Waals surface area (Å²) in [4.78, 5) is 15.6. The van der Waals surface area contributed by atoms with Gasteiger partial charge >= 0.3 is 5.97 Å². The molecule has 0 radical (unpaired) electrons. The van der Waals surface area contributed by atoms with Gasteiger partial charge in [-0.15, -0.1) is 0 Å². The molecule has 0 spiro atoms. The fourth-order valence-electron chi connectivity index (χ4n) is 1.37.